The molecular weight excluding hydrogens is 506 g/mol. The summed E-state index contributed by atoms with van der Waals surface area (Å²) in [6.45, 7) is 4.96. The maximum Gasteiger partial charge on any atom is 0.338 e. The van der Waals surface area contributed by atoms with Gasteiger partial charge in [-0.25, -0.2) is 9.79 Å². The highest BCUT2D eigenvalue weighted by atomic mass is 32.2. The van der Waals surface area contributed by atoms with Gasteiger partial charge in [0, 0.05) is 23.5 Å². The van der Waals surface area contributed by atoms with Crippen LogP contribution in [0.3, 0.4) is 0 Å². The Kier molecular flexibility index (Phi) is 7.81. The first kappa shape index (κ1) is 25.7. The highest BCUT2D eigenvalue weighted by molar-refractivity contribution is 8.19. The third-order valence-electron chi connectivity index (χ3n) is 6.77. The number of thioether (sulfide) groups is 2. The average Bonchev–Trinajstić information content (AvgIpc) is 3.45. The molecule has 194 valence electrons. The van der Waals surface area contributed by atoms with Crippen molar-refractivity contribution in [2.24, 2.45) is 4.99 Å². The number of methoxy groups -OCH3 is 1. The molecule has 2 aromatic rings. The Morgan fingerprint density at radius 2 is 1.81 bits per heavy atom. The first-order valence-corrected chi connectivity index (χ1v) is 14.4. The standard InChI is InChI=1S/C28H31N3O4S2/c1-4-30-22-17-21(34-3)15-16-23(22)36-26(30)24-25(32)31(20-9-7-6-8-10-20)28(37-24)29-19-13-11-18(12-14-19)27(33)35-5-2/h11-17,20H,4-10H2,1-3H3. The van der Waals surface area contributed by atoms with Crippen LogP contribution in [0.15, 0.2) is 62.3 Å². The number of carbonyl (C=O) groups is 2. The summed E-state index contributed by atoms with van der Waals surface area (Å²) >= 11 is 3.08. The Bertz CT molecular complexity index is 1250. The minimum Gasteiger partial charge on any atom is -0.497 e. The van der Waals surface area contributed by atoms with Gasteiger partial charge in [0.2, 0.25) is 0 Å². The summed E-state index contributed by atoms with van der Waals surface area (Å²) in [5, 5.41) is 1.65. The molecular formula is C28H31N3O4S2. The largest absolute Gasteiger partial charge is 0.497 e. The van der Waals surface area contributed by atoms with Gasteiger partial charge in [0.15, 0.2) is 5.17 Å². The number of hydrogen-bond donors (Lipinski definition) is 0. The van der Waals surface area contributed by atoms with E-state index in [2.05, 4.69) is 17.9 Å². The molecule has 1 saturated carbocycles. The second-order valence-electron chi connectivity index (χ2n) is 9.05. The van der Waals surface area contributed by atoms with Crippen LogP contribution in [0, 0.1) is 0 Å². The van der Waals surface area contributed by atoms with Gasteiger partial charge in [-0.1, -0.05) is 31.0 Å². The first-order chi connectivity index (χ1) is 18.0. The molecule has 2 aromatic carbocycles. The van der Waals surface area contributed by atoms with Crippen molar-refractivity contribution >= 4 is 51.9 Å². The topological polar surface area (TPSA) is 71.4 Å². The SMILES string of the molecule is CCOC(=O)c1ccc(N=C2SC(=C3Sc4ccc(OC)cc4N3CC)C(=O)N2C2CCCCC2)cc1. The van der Waals surface area contributed by atoms with E-state index >= 15 is 0 Å². The fourth-order valence-corrected chi connectivity index (χ4v) is 7.36. The fraction of sp³-hybridized carbons (Fsp3) is 0.393. The predicted octanol–water partition coefficient (Wildman–Crippen LogP) is 6.57. The Morgan fingerprint density at radius 3 is 2.49 bits per heavy atom. The van der Waals surface area contributed by atoms with E-state index in [4.69, 9.17) is 14.5 Å². The minimum atomic E-state index is -0.350. The molecule has 0 bridgehead atoms. The van der Waals surface area contributed by atoms with E-state index in [9.17, 15) is 9.59 Å². The van der Waals surface area contributed by atoms with Crippen molar-refractivity contribution in [3.8, 4) is 5.75 Å². The summed E-state index contributed by atoms with van der Waals surface area (Å²) < 4.78 is 10.5. The van der Waals surface area contributed by atoms with E-state index in [1.807, 2.05) is 17.0 Å². The van der Waals surface area contributed by atoms with Crippen LogP contribution < -0.4 is 9.64 Å². The summed E-state index contributed by atoms with van der Waals surface area (Å²) in [7, 11) is 1.67. The van der Waals surface area contributed by atoms with Crippen LogP contribution in [0.25, 0.3) is 0 Å². The van der Waals surface area contributed by atoms with Crippen molar-refractivity contribution in [2.75, 3.05) is 25.2 Å². The molecule has 0 spiro atoms. The molecule has 3 aliphatic rings. The van der Waals surface area contributed by atoms with Crippen LogP contribution in [-0.2, 0) is 9.53 Å². The number of esters is 1. The molecule has 0 aromatic heterocycles. The highest BCUT2D eigenvalue weighted by Crippen LogP contribution is 2.52. The third kappa shape index (κ3) is 5.11. The van der Waals surface area contributed by atoms with Crippen molar-refractivity contribution in [3.63, 3.8) is 0 Å². The molecule has 2 aliphatic heterocycles. The lowest BCUT2D eigenvalue weighted by molar-refractivity contribution is -0.124. The van der Waals surface area contributed by atoms with Gasteiger partial charge in [0.25, 0.3) is 5.91 Å². The second-order valence-corrected chi connectivity index (χ2v) is 11.1. The normalized spacial score (nSPS) is 21.1. The van der Waals surface area contributed by atoms with Crippen molar-refractivity contribution in [1.29, 1.82) is 0 Å². The van der Waals surface area contributed by atoms with Gasteiger partial charge in [-0.3, -0.25) is 9.69 Å². The highest BCUT2D eigenvalue weighted by Gasteiger charge is 2.43. The van der Waals surface area contributed by atoms with Crippen molar-refractivity contribution in [2.45, 2.75) is 56.9 Å². The molecule has 2 fully saturated rings. The molecule has 9 heteroatoms. The lowest BCUT2D eigenvalue weighted by Crippen LogP contribution is -2.40. The molecule has 5 rings (SSSR count). The van der Waals surface area contributed by atoms with Crippen LogP contribution in [0.4, 0.5) is 11.4 Å². The van der Waals surface area contributed by atoms with Crippen molar-refractivity contribution in [1.82, 2.24) is 4.90 Å². The van der Waals surface area contributed by atoms with Gasteiger partial charge in [0.1, 0.15) is 15.7 Å². The van der Waals surface area contributed by atoms with Gasteiger partial charge in [-0.15, -0.1) is 0 Å². The number of nitrogens with zero attached hydrogens (tertiary/aromatic N) is 3. The molecule has 1 amide bonds. The van der Waals surface area contributed by atoms with E-state index in [0.29, 0.717) is 23.0 Å². The van der Waals surface area contributed by atoms with Crippen LogP contribution in [0.5, 0.6) is 5.75 Å². The number of fused-ring (bicyclic) bond motifs is 1. The maximum absolute atomic E-state index is 14.0. The van der Waals surface area contributed by atoms with Gasteiger partial charge < -0.3 is 14.4 Å². The molecule has 0 atom stereocenters. The molecule has 0 unspecified atom stereocenters. The van der Waals surface area contributed by atoms with Crippen LogP contribution >= 0.6 is 23.5 Å². The summed E-state index contributed by atoms with van der Waals surface area (Å²) in [6, 6.07) is 13.2. The Labute approximate surface area is 226 Å². The van der Waals surface area contributed by atoms with Gasteiger partial charge in [-0.2, -0.15) is 0 Å². The molecule has 0 N–H and O–H groups in total. The third-order valence-corrected chi connectivity index (χ3v) is 9.13. The summed E-state index contributed by atoms with van der Waals surface area (Å²) in [5.74, 6) is 0.475. The first-order valence-electron chi connectivity index (χ1n) is 12.8. The number of aliphatic imine (C=N–C) groups is 1. The summed E-state index contributed by atoms with van der Waals surface area (Å²) in [6.07, 6.45) is 5.41. The number of carbonyl (C=O) groups excluding carboxylic acids is 2. The molecule has 7 nitrogen and oxygen atoms in total. The lowest BCUT2D eigenvalue weighted by Gasteiger charge is -2.30. The van der Waals surface area contributed by atoms with Crippen LogP contribution in [0.2, 0.25) is 0 Å². The van der Waals surface area contributed by atoms with E-state index in [1.165, 1.54) is 18.2 Å². The monoisotopic (exact) mass is 537 g/mol. The van der Waals surface area contributed by atoms with E-state index in [1.54, 1.807) is 50.1 Å². The van der Waals surface area contributed by atoms with Crippen molar-refractivity contribution < 1.29 is 19.1 Å². The van der Waals surface area contributed by atoms with E-state index < -0.39 is 0 Å². The molecule has 0 radical (unpaired) electrons. The van der Waals surface area contributed by atoms with Crippen molar-refractivity contribution in [3.05, 3.63) is 58.0 Å². The van der Waals surface area contributed by atoms with Crippen LogP contribution in [-0.4, -0.2) is 48.2 Å². The molecule has 2 heterocycles. The molecule has 1 saturated heterocycles. The molecule has 37 heavy (non-hydrogen) atoms. The summed E-state index contributed by atoms with van der Waals surface area (Å²) in [5.41, 5.74) is 2.25. The Morgan fingerprint density at radius 1 is 1.05 bits per heavy atom. The fourth-order valence-electron chi connectivity index (χ4n) is 4.92. The van der Waals surface area contributed by atoms with Gasteiger partial charge >= 0.3 is 5.97 Å². The molecule has 1 aliphatic carbocycles. The number of amides is 1. The quantitative estimate of drug-likeness (QED) is 0.305. The zero-order valence-electron chi connectivity index (χ0n) is 21.4. The number of ether oxygens (including phenoxy) is 2. The lowest BCUT2D eigenvalue weighted by atomic mass is 9.94. The minimum absolute atomic E-state index is 0.0273. The maximum atomic E-state index is 14.0. The zero-order valence-corrected chi connectivity index (χ0v) is 23.0. The zero-order chi connectivity index (χ0) is 25.9. The average molecular weight is 538 g/mol. The van der Waals surface area contributed by atoms with Gasteiger partial charge in [-0.05, 0) is 74.8 Å². The Balaban J connectivity index is 1.51. The number of anilines is 1. The second kappa shape index (κ2) is 11.2. The number of rotatable bonds is 6. The summed E-state index contributed by atoms with van der Waals surface area (Å²) in [4.78, 5) is 36.9. The Hall–Kier alpha value is -2.91. The van der Waals surface area contributed by atoms with Crippen LogP contribution in [0.1, 0.15) is 56.3 Å². The number of hydrogen-bond acceptors (Lipinski definition) is 8. The smallest absolute Gasteiger partial charge is 0.338 e. The van der Waals surface area contributed by atoms with E-state index in [0.717, 1.165) is 58.5 Å². The number of amidine groups is 1. The van der Waals surface area contributed by atoms with Gasteiger partial charge in [0.05, 0.1) is 30.7 Å². The van der Waals surface area contributed by atoms with E-state index in [-0.39, 0.29) is 17.9 Å². The predicted molar refractivity (Wildman–Crippen MR) is 150 cm³/mol. The number of benzene rings is 2.